The maximum absolute atomic E-state index is 6.01. The average Bonchev–Trinajstić information content (AvgIpc) is 2.70. The molecule has 0 amide bonds. The van der Waals surface area contributed by atoms with Gasteiger partial charge in [0.1, 0.15) is 5.82 Å². The lowest BCUT2D eigenvalue weighted by molar-refractivity contribution is 1.01. The Hall–Kier alpha value is -3.53. The first-order chi connectivity index (χ1) is 13.2. The van der Waals surface area contributed by atoms with E-state index in [1.54, 1.807) is 0 Å². The number of nitrogens with two attached hydrogens (primary N) is 2. The fraction of sp³-hybridized carbons (Fsp3) is 0.0870. The van der Waals surface area contributed by atoms with Gasteiger partial charge in [-0.2, -0.15) is 0 Å². The Morgan fingerprint density at radius 1 is 0.778 bits per heavy atom. The first-order valence-corrected chi connectivity index (χ1v) is 9.03. The van der Waals surface area contributed by atoms with Crippen molar-refractivity contribution in [2.45, 2.75) is 6.42 Å². The van der Waals surface area contributed by atoms with Crippen LogP contribution in [0.15, 0.2) is 78.9 Å². The van der Waals surface area contributed by atoms with Crippen molar-refractivity contribution < 1.29 is 0 Å². The molecule has 1 aromatic heterocycles. The van der Waals surface area contributed by atoms with Gasteiger partial charge in [0.15, 0.2) is 0 Å². The van der Waals surface area contributed by atoms with Gasteiger partial charge in [-0.3, -0.25) is 0 Å². The zero-order valence-electron chi connectivity index (χ0n) is 15.0. The summed E-state index contributed by atoms with van der Waals surface area (Å²) in [5, 5.41) is 4.51. The van der Waals surface area contributed by atoms with E-state index in [1.807, 2.05) is 48.5 Å². The number of nitrogens with one attached hydrogen (secondary N) is 1. The number of benzene rings is 3. The van der Waals surface area contributed by atoms with E-state index in [1.165, 1.54) is 5.56 Å². The van der Waals surface area contributed by atoms with Gasteiger partial charge in [0.2, 0.25) is 0 Å². The second kappa shape index (κ2) is 7.38. The number of rotatable bonds is 5. The molecule has 0 aliphatic carbocycles. The molecule has 4 aromatic rings. The van der Waals surface area contributed by atoms with Gasteiger partial charge < -0.3 is 16.8 Å². The van der Waals surface area contributed by atoms with E-state index in [4.69, 9.17) is 16.5 Å². The first kappa shape index (κ1) is 16.9. The van der Waals surface area contributed by atoms with Gasteiger partial charge in [-0.1, -0.05) is 42.5 Å². The molecule has 134 valence electrons. The summed E-state index contributed by atoms with van der Waals surface area (Å²) < 4.78 is 0. The van der Waals surface area contributed by atoms with Crippen LogP contribution in [0.3, 0.4) is 0 Å². The highest BCUT2D eigenvalue weighted by Gasteiger charge is 2.08. The summed E-state index contributed by atoms with van der Waals surface area (Å²) >= 11 is 0. The molecule has 5 N–H and O–H groups in total. The Balaban J connectivity index is 1.63. The van der Waals surface area contributed by atoms with Crippen LogP contribution < -0.4 is 16.8 Å². The Morgan fingerprint density at radius 3 is 2.30 bits per heavy atom. The molecule has 0 saturated heterocycles. The van der Waals surface area contributed by atoms with Gasteiger partial charge in [0.25, 0.3) is 0 Å². The number of aromatic nitrogens is 1. The second-order valence-corrected chi connectivity index (χ2v) is 6.62. The third kappa shape index (κ3) is 3.85. The first-order valence-electron chi connectivity index (χ1n) is 9.03. The third-order valence-electron chi connectivity index (χ3n) is 4.62. The number of hydrogen-bond donors (Lipinski definition) is 3. The van der Waals surface area contributed by atoms with E-state index in [9.17, 15) is 0 Å². The highest BCUT2D eigenvalue weighted by molar-refractivity contribution is 5.97. The molecule has 0 spiro atoms. The minimum atomic E-state index is 0.741. The van der Waals surface area contributed by atoms with Gasteiger partial charge in [0.05, 0.1) is 5.52 Å². The number of fused-ring (bicyclic) bond motifs is 1. The standard InChI is InChI=1S/C23H22N4/c24-18-8-6-16(7-9-18)12-13-26-23-15-20(17-4-2-1-3-5-17)21-14-19(25)10-11-22(21)27-23/h1-11,14-15H,12-13,24-25H2,(H,26,27). The molecule has 0 fully saturated rings. The van der Waals surface area contributed by atoms with Crippen molar-refractivity contribution >= 4 is 28.1 Å². The van der Waals surface area contributed by atoms with E-state index >= 15 is 0 Å². The summed E-state index contributed by atoms with van der Waals surface area (Å²) in [6, 6.07) is 26.3. The van der Waals surface area contributed by atoms with Gasteiger partial charge in [0, 0.05) is 23.3 Å². The molecule has 0 unspecified atom stereocenters. The molecule has 3 aromatic carbocycles. The largest absolute Gasteiger partial charge is 0.399 e. The molecule has 4 rings (SSSR count). The summed E-state index contributed by atoms with van der Waals surface area (Å²) in [6.07, 6.45) is 0.905. The molecule has 0 bridgehead atoms. The summed E-state index contributed by atoms with van der Waals surface area (Å²) in [7, 11) is 0. The lowest BCUT2D eigenvalue weighted by Gasteiger charge is -2.12. The van der Waals surface area contributed by atoms with E-state index in [0.29, 0.717) is 0 Å². The molecule has 4 nitrogen and oxygen atoms in total. The number of nitrogens with zero attached hydrogens (tertiary/aromatic N) is 1. The highest BCUT2D eigenvalue weighted by Crippen LogP contribution is 2.31. The number of pyridine rings is 1. The average molecular weight is 354 g/mol. The minimum absolute atomic E-state index is 0.741. The zero-order valence-corrected chi connectivity index (χ0v) is 15.0. The van der Waals surface area contributed by atoms with Gasteiger partial charge in [-0.15, -0.1) is 0 Å². The quantitative estimate of drug-likeness (QED) is 0.453. The highest BCUT2D eigenvalue weighted by atomic mass is 15.0. The normalized spacial score (nSPS) is 10.8. The van der Waals surface area contributed by atoms with Crippen molar-refractivity contribution in [3.63, 3.8) is 0 Å². The molecule has 0 saturated carbocycles. The van der Waals surface area contributed by atoms with Crippen LogP contribution in [-0.4, -0.2) is 11.5 Å². The summed E-state index contributed by atoms with van der Waals surface area (Å²) in [5.41, 5.74) is 17.7. The van der Waals surface area contributed by atoms with Gasteiger partial charge >= 0.3 is 0 Å². The van der Waals surface area contributed by atoms with Crippen molar-refractivity contribution in [3.05, 3.63) is 84.4 Å². The Morgan fingerprint density at radius 2 is 1.52 bits per heavy atom. The maximum Gasteiger partial charge on any atom is 0.127 e. The monoisotopic (exact) mass is 354 g/mol. The third-order valence-corrected chi connectivity index (χ3v) is 4.62. The Kier molecular flexibility index (Phi) is 4.62. The second-order valence-electron chi connectivity index (χ2n) is 6.62. The summed E-state index contributed by atoms with van der Waals surface area (Å²) in [6.45, 7) is 0.797. The van der Waals surface area contributed by atoms with Crippen LogP contribution in [0.4, 0.5) is 17.2 Å². The molecule has 0 aliphatic rings. The van der Waals surface area contributed by atoms with Crippen LogP contribution in [-0.2, 0) is 6.42 Å². The number of nitrogen functional groups attached to an aromatic ring is 2. The minimum Gasteiger partial charge on any atom is -0.399 e. The molecule has 1 heterocycles. The zero-order chi connectivity index (χ0) is 18.6. The van der Waals surface area contributed by atoms with Crippen molar-refractivity contribution in [1.29, 1.82) is 0 Å². The smallest absolute Gasteiger partial charge is 0.127 e. The molecule has 0 atom stereocenters. The number of hydrogen-bond acceptors (Lipinski definition) is 4. The predicted molar refractivity (Wildman–Crippen MR) is 115 cm³/mol. The van der Waals surface area contributed by atoms with E-state index in [2.05, 4.69) is 35.6 Å². The molecular formula is C23H22N4. The fourth-order valence-corrected chi connectivity index (χ4v) is 3.21. The maximum atomic E-state index is 6.01. The SMILES string of the molecule is Nc1ccc(CCNc2cc(-c3ccccc3)c3cc(N)ccc3n2)cc1. The Bertz CT molecular complexity index is 1060. The number of anilines is 3. The molecule has 0 radical (unpaired) electrons. The summed E-state index contributed by atoms with van der Waals surface area (Å²) in [4.78, 5) is 4.76. The van der Waals surface area contributed by atoms with E-state index in [0.717, 1.165) is 52.2 Å². The van der Waals surface area contributed by atoms with Crippen molar-refractivity contribution in [1.82, 2.24) is 4.98 Å². The fourth-order valence-electron chi connectivity index (χ4n) is 3.21. The molecular weight excluding hydrogens is 332 g/mol. The van der Waals surface area contributed by atoms with E-state index < -0.39 is 0 Å². The summed E-state index contributed by atoms with van der Waals surface area (Å²) in [5.74, 6) is 0.863. The van der Waals surface area contributed by atoms with Gasteiger partial charge in [-0.05, 0) is 59.5 Å². The van der Waals surface area contributed by atoms with Crippen molar-refractivity contribution in [3.8, 4) is 11.1 Å². The molecule has 27 heavy (non-hydrogen) atoms. The lowest BCUT2D eigenvalue weighted by Crippen LogP contribution is -2.07. The Labute approximate surface area is 158 Å². The van der Waals surface area contributed by atoms with Crippen LogP contribution in [0.5, 0.6) is 0 Å². The topological polar surface area (TPSA) is 77.0 Å². The van der Waals surface area contributed by atoms with Crippen molar-refractivity contribution in [2.75, 3.05) is 23.3 Å². The van der Waals surface area contributed by atoms with Gasteiger partial charge in [-0.25, -0.2) is 4.98 Å². The van der Waals surface area contributed by atoms with E-state index in [-0.39, 0.29) is 0 Å². The van der Waals surface area contributed by atoms with Crippen LogP contribution >= 0.6 is 0 Å². The molecule has 0 aliphatic heterocycles. The lowest BCUT2D eigenvalue weighted by atomic mass is 10.0. The predicted octanol–water partition coefficient (Wildman–Crippen LogP) is 4.72. The van der Waals surface area contributed by atoms with Crippen LogP contribution in [0.2, 0.25) is 0 Å². The van der Waals surface area contributed by atoms with Crippen LogP contribution in [0.25, 0.3) is 22.0 Å². The van der Waals surface area contributed by atoms with Crippen molar-refractivity contribution in [2.24, 2.45) is 0 Å². The van der Waals surface area contributed by atoms with Crippen LogP contribution in [0, 0.1) is 0 Å². The molecule has 4 heteroatoms. The van der Waals surface area contributed by atoms with Crippen LogP contribution in [0.1, 0.15) is 5.56 Å².